The Morgan fingerprint density at radius 3 is 3.14 bits per heavy atom. The van der Waals surface area contributed by atoms with Gasteiger partial charge in [0.2, 0.25) is 5.91 Å². The molecule has 1 amide bonds. The highest BCUT2D eigenvalue weighted by molar-refractivity contribution is 7.09. The standard InChI is InChI=1S/C16H21N3OS/c1-13-10-17-18(11-13)12-14-4-2-8-19(14)16(20)7-6-15-5-3-9-21-15/h3,5,9-11,14H,2,4,6-8,12H2,1H3/t14-/m0/s1. The van der Waals surface area contributed by atoms with Crippen LogP contribution in [-0.2, 0) is 17.8 Å². The fraction of sp³-hybridized carbons (Fsp3) is 0.500. The van der Waals surface area contributed by atoms with Crippen LogP contribution in [-0.4, -0.2) is 33.2 Å². The second kappa shape index (κ2) is 6.43. The molecule has 4 nitrogen and oxygen atoms in total. The zero-order chi connectivity index (χ0) is 14.7. The van der Waals surface area contributed by atoms with E-state index in [-0.39, 0.29) is 5.91 Å². The van der Waals surface area contributed by atoms with Gasteiger partial charge in [0.25, 0.3) is 0 Å². The third-order valence-corrected chi connectivity index (χ3v) is 4.96. The van der Waals surface area contributed by atoms with Gasteiger partial charge in [0.05, 0.1) is 18.8 Å². The van der Waals surface area contributed by atoms with Gasteiger partial charge >= 0.3 is 0 Å². The first-order valence-electron chi connectivity index (χ1n) is 7.53. The number of carbonyl (C=O) groups is 1. The lowest BCUT2D eigenvalue weighted by atomic mass is 10.2. The van der Waals surface area contributed by atoms with Crippen molar-refractivity contribution in [2.75, 3.05) is 6.54 Å². The van der Waals surface area contributed by atoms with Crippen LogP contribution in [0.3, 0.4) is 0 Å². The molecule has 0 saturated carbocycles. The number of thiophene rings is 1. The van der Waals surface area contributed by atoms with Gasteiger partial charge in [-0.1, -0.05) is 6.07 Å². The molecule has 1 aliphatic rings. The van der Waals surface area contributed by atoms with Gasteiger partial charge < -0.3 is 4.90 Å². The summed E-state index contributed by atoms with van der Waals surface area (Å²) in [6.07, 6.45) is 7.60. The summed E-state index contributed by atoms with van der Waals surface area (Å²) in [5, 5.41) is 6.41. The van der Waals surface area contributed by atoms with E-state index in [1.165, 1.54) is 10.4 Å². The average Bonchev–Trinajstić information content (AvgIpc) is 3.19. The smallest absolute Gasteiger partial charge is 0.223 e. The van der Waals surface area contributed by atoms with Crippen molar-refractivity contribution in [3.63, 3.8) is 0 Å². The molecule has 0 aromatic carbocycles. The summed E-state index contributed by atoms with van der Waals surface area (Å²) >= 11 is 1.73. The van der Waals surface area contributed by atoms with E-state index in [9.17, 15) is 4.79 Å². The van der Waals surface area contributed by atoms with Crippen LogP contribution in [0.5, 0.6) is 0 Å². The third-order valence-electron chi connectivity index (χ3n) is 4.02. The number of nitrogens with zero attached hydrogens (tertiary/aromatic N) is 3. The van der Waals surface area contributed by atoms with Crippen LogP contribution in [0.15, 0.2) is 29.9 Å². The number of hydrogen-bond acceptors (Lipinski definition) is 3. The fourth-order valence-corrected chi connectivity index (χ4v) is 3.67. The maximum Gasteiger partial charge on any atom is 0.223 e. The predicted molar refractivity (Wildman–Crippen MR) is 84.3 cm³/mol. The minimum absolute atomic E-state index is 0.287. The van der Waals surface area contributed by atoms with E-state index in [1.807, 2.05) is 30.1 Å². The lowest BCUT2D eigenvalue weighted by Gasteiger charge is -2.24. The van der Waals surface area contributed by atoms with Crippen molar-refractivity contribution in [3.05, 3.63) is 40.3 Å². The van der Waals surface area contributed by atoms with E-state index in [0.29, 0.717) is 12.5 Å². The average molecular weight is 303 g/mol. The van der Waals surface area contributed by atoms with Crippen molar-refractivity contribution < 1.29 is 4.79 Å². The molecule has 21 heavy (non-hydrogen) atoms. The maximum atomic E-state index is 12.4. The Bertz CT molecular complexity index is 590. The Hall–Kier alpha value is -1.62. The predicted octanol–water partition coefficient (Wildman–Crippen LogP) is 2.88. The van der Waals surface area contributed by atoms with Crippen LogP contribution in [0.4, 0.5) is 0 Å². The van der Waals surface area contributed by atoms with Crippen molar-refractivity contribution >= 4 is 17.2 Å². The van der Waals surface area contributed by atoms with E-state index in [1.54, 1.807) is 11.3 Å². The first-order valence-corrected chi connectivity index (χ1v) is 8.41. The Balaban J connectivity index is 1.56. The molecule has 0 radical (unpaired) electrons. The van der Waals surface area contributed by atoms with Gasteiger partial charge in [0, 0.05) is 24.0 Å². The van der Waals surface area contributed by atoms with E-state index in [0.717, 1.165) is 32.4 Å². The summed E-state index contributed by atoms with van der Waals surface area (Å²) in [6, 6.07) is 4.45. The molecule has 2 aromatic heterocycles. The number of aryl methyl sites for hydroxylation is 2. The Labute approximate surface area is 129 Å². The van der Waals surface area contributed by atoms with Gasteiger partial charge in [-0.05, 0) is 43.2 Å². The van der Waals surface area contributed by atoms with Gasteiger partial charge in [-0.25, -0.2) is 0 Å². The molecule has 2 aromatic rings. The van der Waals surface area contributed by atoms with Crippen LogP contribution >= 0.6 is 11.3 Å². The zero-order valence-electron chi connectivity index (χ0n) is 12.4. The molecule has 3 heterocycles. The first kappa shape index (κ1) is 14.3. The van der Waals surface area contributed by atoms with Gasteiger partial charge in [-0.15, -0.1) is 11.3 Å². The molecular formula is C16H21N3OS. The largest absolute Gasteiger partial charge is 0.338 e. The molecule has 112 valence electrons. The number of aromatic nitrogens is 2. The second-order valence-electron chi connectivity index (χ2n) is 5.70. The van der Waals surface area contributed by atoms with Crippen LogP contribution in [0.2, 0.25) is 0 Å². The first-order chi connectivity index (χ1) is 10.2. The summed E-state index contributed by atoms with van der Waals surface area (Å²) in [7, 11) is 0. The highest BCUT2D eigenvalue weighted by atomic mass is 32.1. The lowest BCUT2D eigenvalue weighted by Crippen LogP contribution is -2.38. The van der Waals surface area contributed by atoms with Crippen LogP contribution in [0.25, 0.3) is 0 Å². The molecule has 0 spiro atoms. The summed E-state index contributed by atoms with van der Waals surface area (Å²) in [5.74, 6) is 0.287. The third kappa shape index (κ3) is 3.53. The van der Waals surface area contributed by atoms with E-state index < -0.39 is 0 Å². The van der Waals surface area contributed by atoms with Crippen molar-refractivity contribution in [2.24, 2.45) is 0 Å². The van der Waals surface area contributed by atoms with E-state index in [2.05, 4.69) is 21.4 Å². The van der Waals surface area contributed by atoms with Gasteiger partial charge in [0.15, 0.2) is 0 Å². The van der Waals surface area contributed by atoms with Crippen LogP contribution in [0, 0.1) is 6.92 Å². The van der Waals surface area contributed by atoms with Crippen LogP contribution in [0.1, 0.15) is 29.7 Å². The van der Waals surface area contributed by atoms with Gasteiger partial charge in [-0.2, -0.15) is 5.10 Å². The quantitative estimate of drug-likeness (QED) is 0.852. The fourth-order valence-electron chi connectivity index (χ4n) is 2.97. The molecule has 1 atom stereocenters. The monoisotopic (exact) mass is 303 g/mol. The summed E-state index contributed by atoms with van der Waals surface area (Å²) < 4.78 is 1.96. The maximum absolute atomic E-state index is 12.4. The molecule has 0 N–H and O–H groups in total. The number of likely N-dealkylation sites (tertiary alicyclic amines) is 1. The Kier molecular flexibility index (Phi) is 4.39. The highest BCUT2D eigenvalue weighted by Gasteiger charge is 2.28. The molecule has 0 aliphatic carbocycles. The minimum Gasteiger partial charge on any atom is -0.338 e. The highest BCUT2D eigenvalue weighted by Crippen LogP contribution is 2.21. The number of carbonyl (C=O) groups excluding carboxylic acids is 1. The molecule has 1 aliphatic heterocycles. The molecule has 0 unspecified atom stereocenters. The molecule has 5 heteroatoms. The SMILES string of the molecule is Cc1cnn(C[C@@H]2CCCN2C(=O)CCc2cccs2)c1. The van der Waals surface area contributed by atoms with Crippen molar-refractivity contribution in [1.29, 1.82) is 0 Å². The van der Waals surface area contributed by atoms with E-state index >= 15 is 0 Å². The molecular weight excluding hydrogens is 282 g/mol. The molecule has 0 bridgehead atoms. The second-order valence-corrected chi connectivity index (χ2v) is 6.73. The van der Waals surface area contributed by atoms with Crippen molar-refractivity contribution in [1.82, 2.24) is 14.7 Å². The molecule has 1 fully saturated rings. The van der Waals surface area contributed by atoms with Gasteiger partial charge in [-0.3, -0.25) is 9.48 Å². The van der Waals surface area contributed by atoms with Crippen LogP contribution < -0.4 is 0 Å². The van der Waals surface area contributed by atoms with Crippen molar-refractivity contribution in [2.45, 2.75) is 45.2 Å². The van der Waals surface area contributed by atoms with Crippen molar-refractivity contribution in [3.8, 4) is 0 Å². The Morgan fingerprint density at radius 2 is 2.43 bits per heavy atom. The molecule has 3 rings (SSSR count). The lowest BCUT2D eigenvalue weighted by molar-refractivity contribution is -0.132. The summed E-state index contributed by atoms with van der Waals surface area (Å²) in [6.45, 7) is 3.76. The zero-order valence-corrected chi connectivity index (χ0v) is 13.2. The Morgan fingerprint density at radius 1 is 1.52 bits per heavy atom. The van der Waals surface area contributed by atoms with Gasteiger partial charge in [0.1, 0.15) is 0 Å². The number of hydrogen-bond donors (Lipinski definition) is 0. The summed E-state index contributed by atoms with van der Waals surface area (Å²) in [4.78, 5) is 15.8. The topological polar surface area (TPSA) is 38.1 Å². The number of rotatable bonds is 5. The summed E-state index contributed by atoms with van der Waals surface area (Å²) in [5.41, 5.74) is 1.17. The normalized spacial score (nSPS) is 18.3. The number of amides is 1. The van der Waals surface area contributed by atoms with E-state index in [4.69, 9.17) is 0 Å². The minimum atomic E-state index is 0.287. The molecule has 1 saturated heterocycles.